The van der Waals surface area contributed by atoms with E-state index in [4.69, 9.17) is 15.3 Å². The molecule has 2 heterocycles. The van der Waals surface area contributed by atoms with E-state index in [0.29, 0.717) is 6.54 Å². The molecule has 5 nitrogen and oxygen atoms in total. The molecule has 1 unspecified atom stereocenters. The van der Waals surface area contributed by atoms with Crippen molar-refractivity contribution >= 4 is 11.3 Å². The molecule has 2 rings (SSSR count). The lowest BCUT2D eigenvalue weighted by molar-refractivity contribution is -0.332. The van der Waals surface area contributed by atoms with Crippen LogP contribution in [0.1, 0.15) is 22.0 Å². The predicted molar refractivity (Wildman–Crippen MR) is 65.5 cm³/mol. The van der Waals surface area contributed by atoms with Gasteiger partial charge >= 0.3 is 6.10 Å². The van der Waals surface area contributed by atoms with Crippen molar-refractivity contribution in [2.75, 3.05) is 20.1 Å². The molecule has 1 aromatic rings. The number of rotatable bonds is 3. The second-order valence-corrected chi connectivity index (χ2v) is 5.48. The highest BCUT2D eigenvalue weighted by Crippen LogP contribution is 2.35. The molecule has 0 radical (unpaired) electrons. The molecule has 0 aliphatic carbocycles. The molecular formula is C11H18N2O3S. The van der Waals surface area contributed by atoms with Gasteiger partial charge in [-0.15, -0.1) is 11.3 Å². The molecule has 0 saturated heterocycles. The van der Waals surface area contributed by atoms with Gasteiger partial charge in [0.2, 0.25) is 0 Å². The summed E-state index contributed by atoms with van der Waals surface area (Å²) in [6, 6.07) is 0.0656. The molecule has 17 heavy (non-hydrogen) atoms. The van der Waals surface area contributed by atoms with E-state index in [1.807, 2.05) is 7.05 Å². The number of thiophene rings is 1. The van der Waals surface area contributed by atoms with E-state index in [1.165, 1.54) is 16.0 Å². The third-order valence-corrected chi connectivity index (χ3v) is 4.37. The molecule has 0 saturated carbocycles. The van der Waals surface area contributed by atoms with Gasteiger partial charge in [-0.05, 0) is 36.9 Å². The normalized spacial score (nSPS) is 21.6. The Morgan fingerprint density at radius 2 is 2.24 bits per heavy atom. The van der Waals surface area contributed by atoms with Gasteiger partial charge in [0.05, 0.1) is 0 Å². The van der Waals surface area contributed by atoms with Gasteiger partial charge in [-0.1, -0.05) is 0 Å². The Hall–Kier alpha value is -0.500. The Bertz CT molecular complexity index is 400. The van der Waals surface area contributed by atoms with Gasteiger partial charge in [0.1, 0.15) is 0 Å². The molecule has 0 aromatic carbocycles. The van der Waals surface area contributed by atoms with Gasteiger partial charge in [-0.2, -0.15) is 0 Å². The second-order valence-electron chi connectivity index (χ2n) is 4.52. The molecule has 1 atom stereocenters. The fourth-order valence-electron chi connectivity index (χ4n) is 2.29. The van der Waals surface area contributed by atoms with Gasteiger partial charge in [0.15, 0.2) is 0 Å². The summed E-state index contributed by atoms with van der Waals surface area (Å²) in [4.78, 5) is 3.51. The molecule has 6 heteroatoms. The summed E-state index contributed by atoms with van der Waals surface area (Å²) < 4.78 is 0. The van der Waals surface area contributed by atoms with Crippen LogP contribution in [-0.4, -0.2) is 46.5 Å². The fourth-order valence-corrected chi connectivity index (χ4v) is 3.37. The topological polar surface area (TPSA) is 76.0 Å². The monoisotopic (exact) mass is 258 g/mol. The van der Waals surface area contributed by atoms with Crippen LogP contribution in [0.4, 0.5) is 0 Å². The molecule has 4 N–H and O–H groups in total. The fraction of sp³-hybridized carbons (Fsp3) is 0.636. The van der Waals surface area contributed by atoms with E-state index in [1.54, 1.807) is 11.3 Å². The van der Waals surface area contributed by atoms with Gasteiger partial charge in [-0.3, -0.25) is 4.90 Å². The van der Waals surface area contributed by atoms with Gasteiger partial charge in [0.25, 0.3) is 0 Å². The van der Waals surface area contributed by atoms with Crippen LogP contribution in [0.3, 0.4) is 0 Å². The molecule has 0 amide bonds. The summed E-state index contributed by atoms with van der Waals surface area (Å²) >= 11 is 1.75. The lowest BCUT2D eigenvalue weighted by atomic mass is 9.97. The third-order valence-electron chi connectivity index (χ3n) is 3.19. The Balaban J connectivity index is 2.18. The number of likely N-dealkylation sites (N-methyl/N-ethyl adjacent to an activating group) is 1. The molecular weight excluding hydrogens is 240 g/mol. The average Bonchev–Trinajstić information content (AvgIpc) is 2.58. The van der Waals surface area contributed by atoms with Crippen LogP contribution in [0, 0.1) is 6.92 Å². The quantitative estimate of drug-likeness (QED) is 0.563. The maximum atomic E-state index is 8.89. The number of hydrogen-bond donors (Lipinski definition) is 4. The van der Waals surface area contributed by atoms with Gasteiger partial charge in [-0.25, -0.2) is 5.32 Å². The maximum Gasteiger partial charge on any atom is 0.343 e. The molecule has 1 aliphatic rings. The average molecular weight is 258 g/mol. The first-order chi connectivity index (χ1) is 7.88. The van der Waals surface area contributed by atoms with Gasteiger partial charge < -0.3 is 15.3 Å². The Labute approximate surface area is 104 Å². The van der Waals surface area contributed by atoms with Crippen molar-refractivity contribution in [1.29, 1.82) is 0 Å². The van der Waals surface area contributed by atoms with Crippen LogP contribution in [0.25, 0.3) is 0 Å². The van der Waals surface area contributed by atoms with E-state index in [2.05, 4.69) is 22.5 Å². The minimum atomic E-state index is -2.80. The maximum absolute atomic E-state index is 8.89. The van der Waals surface area contributed by atoms with Gasteiger partial charge in [0, 0.05) is 24.0 Å². The number of nitrogens with one attached hydrogen (secondary N) is 1. The van der Waals surface area contributed by atoms with Crippen molar-refractivity contribution in [3.63, 3.8) is 0 Å². The molecule has 0 spiro atoms. The van der Waals surface area contributed by atoms with E-state index >= 15 is 0 Å². The zero-order valence-electron chi connectivity index (χ0n) is 9.97. The van der Waals surface area contributed by atoms with Crippen LogP contribution in [0.15, 0.2) is 5.38 Å². The first kappa shape index (κ1) is 12.9. The van der Waals surface area contributed by atoms with Crippen molar-refractivity contribution in [2.24, 2.45) is 0 Å². The zero-order chi connectivity index (χ0) is 12.6. The first-order valence-corrected chi connectivity index (χ1v) is 6.45. The van der Waals surface area contributed by atoms with Crippen molar-refractivity contribution in [3.05, 3.63) is 21.4 Å². The Kier molecular flexibility index (Phi) is 3.53. The van der Waals surface area contributed by atoms with Crippen molar-refractivity contribution < 1.29 is 15.3 Å². The summed E-state index contributed by atoms with van der Waals surface area (Å²) in [7, 11) is 2.00. The number of hydrogen-bond acceptors (Lipinski definition) is 6. The summed E-state index contributed by atoms with van der Waals surface area (Å²) in [6.07, 6.45) is -1.77. The lowest BCUT2D eigenvalue weighted by Crippen LogP contribution is -2.49. The summed E-state index contributed by atoms with van der Waals surface area (Å²) in [5.41, 5.74) is 2.48. The lowest BCUT2D eigenvalue weighted by Gasteiger charge is -2.34. The first-order valence-electron chi connectivity index (χ1n) is 5.57. The van der Waals surface area contributed by atoms with Crippen molar-refractivity contribution in [3.8, 4) is 0 Å². The molecule has 1 aliphatic heterocycles. The minimum Gasteiger partial charge on any atom is -0.330 e. The Morgan fingerprint density at radius 1 is 1.53 bits per heavy atom. The standard InChI is InChI=1S/C11H18N2O3S/c1-7-6-17-9-3-4-13(2)8(10(7)9)5-12-11(14,15)16/h6,8,12,14-16H,3-5H2,1-2H3. The highest BCUT2D eigenvalue weighted by molar-refractivity contribution is 7.10. The molecule has 96 valence electrons. The predicted octanol–water partition coefficient (Wildman–Crippen LogP) is -0.237. The van der Waals surface area contributed by atoms with Crippen molar-refractivity contribution in [2.45, 2.75) is 25.5 Å². The summed E-state index contributed by atoms with van der Waals surface area (Å²) in [5.74, 6) is 0. The van der Waals surface area contributed by atoms with Crippen LogP contribution in [-0.2, 0) is 6.42 Å². The van der Waals surface area contributed by atoms with E-state index in [0.717, 1.165) is 13.0 Å². The summed E-state index contributed by atoms with van der Waals surface area (Å²) in [6.45, 7) is 3.30. The summed E-state index contributed by atoms with van der Waals surface area (Å²) in [5, 5.41) is 31.1. The molecule has 0 bridgehead atoms. The molecule has 0 fully saturated rings. The van der Waals surface area contributed by atoms with E-state index in [9.17, 15) is 0 Å². The number of fused-ring (bicyclic) bond motifs is 1. The van der Waals surface area contributed by atoms with Crippen LogP contribution >= 0.6 is 11.3 Å². The van der Waals surface area contributed by atoms with Crippen LogP contribution in [0.2, 0.25) is 0 Å². The smallest absolute Gasteiger partial charge is 0.330 e. The van der Waals surface area contributed by atoms with Crippen LogP contribution < -0.4 is 5.32 Å². The minimum absolute atomic E-state index is 0.0656. The zero-order valence-corrected chi connectivity index (χ0v) is 10.8. The van der Waals surface area contributed by atoms with E-state index in [-0.39, 0.29) is 6.04 Å². The van der Waals surface area contributed by atoms with E-state index < -0.39 is 6.10 Å². The third kappa shape index (κ3) is 2.85. The largest absolute Gasteiger partial charge is 0.343 e. The number of aliphatic hydroxyl groups is 3. The second kappa shape index (κ2) is 4.64. The SMILES string of the molecule is Cc1csc2c1C(CNC(O)(O)O)N(C)CC2. The van der Waals surface area contributed by atoms with Crippen molar-refractivity contribution in [1.82, 2.24) is 10.2 Å². The number of nitrogens with zero attached hydrogens (tertiary/aromatic N) is 1. The highest BCUT2D eigenvalue weighted by Gasteiger charge is 2.29. The van der Waals surface area contributed by atoms with Crippen LogP contribution in [0.5, 0.6) is 0 Å². The molecule has 1 aromatic heterocycles. The Morgan fingerprint density at radius 3 is 2.88 bits per heavy atom. The highest BCUT2D eigenvalue weighted by atomic mass is 32.1. The number of aryl methyl sites for hydroxylation is 1.